The molecule has 1 aliphatic rings. The minimum Gasteiger partial charge on any atom is -0.373 e. The molecule has 1 aromatic rings. The van der Waals surface area contributed by atoms with Crippen LogP contribution in [0.4, 0.5) is 4.39 Å². The van der Waals surface area contributed by atoms with Crippen LogP contribution in [0.5, 0.6) is 0 Å². The predicted molar refractivity (Wildman–Crippen MR) is 92.8 cm³/mol. The second-order valence-corrected chi connectivity index (χ2v) is 6.19. The molecule has 0 saturated carbocycles. The van der Waals surface area contributed by atoms with E-state index in [1.54, 1.807) is 12.1 Å². The van der Waals surface area contributed by atoms with Crippen LogP contribution in [-0.2, 0) is 14.3 Å². The van der Waals surface area contributed by atoms with E-state index in [1.165, 1.54) is 24.3 Å². The molecule has 136 valence electrons. The standard InChI is InChI=1S/C18H24FN3O3/c1-13-11-22(12-14(2)25-13)10-9-18(24)21-20-17(23)8-5-15-3-6-16(19)7-4-15/h3-8,13-14H,9-12H2,1-2H3,(H,20,23)(H,21,24)/b8-5+/t13-,14+. The number of halogens is 1. The van der Waals surface area contributed by atoms with Crippen molar-refractivity contribution in [3.8, 4) is 0 Å². The van der Waals surface area contributed by atoms with Crippen molar-refractivity contribution in [2.24, 2.45) is 0 Å². The summed E-state index contributed by atoms with van der Waals surface area (Å²) >= 11 is 0. The Morgan fingerprint density at radius 1 is 1.20 bits per heavy atom. The van der Waals surface area contributed by atoms with E-state index >= 15 is 0 Å². The van der Waals surface area contributed by atoms with E-state index < -0.39 is 5.91 Å². The normalized spacial score (nSPS) is 21.2. The number of amides is 2. The zero-order valence-electron chi connectivity index (χ0n) is 14.5. The monoisotopic (exact) mass is 349 g/mol. The number of nitrogens with zero attached hydrogens (tertiary/aromatic N) is 1. The van der Waals surface area contributed by atoms with E-state index in [2.05, 4.69) is 15.8 Å². The van der Waals surface area contributed by atoms with Gasteiger partial charge in [-0.1, -0.05) is 12.1 Å². The number of rotatable bonds is 5. The van der Waals surface area contributed by atoms with E-state index in [0.29, 0.717) is 18.5 Å². The van der Waals surface area contributed by atoms with E-state index in [4.69, 9.17) is 4.74 Å². The van der Waals surface area contributed by atoms with Gasteiger partial charge in [-0.3, -0.25) is 25.3 Å². The maximum atomic E-state index is 12.8. The van der Waals surface area contributed by atoms with Crippen LogP contribution in [0.15, 0.2) is 30.3 Å². The Labute approximate surface area is 147 Å². The lowest BCUT2D eigenvalue weighted by molar-refractivity contribution is -0.127. The summed E-state index contributed by atoms with van der Waals surface area (Å²) in [4.78, 5) is 25.7. The average Bonchev–Trinajstić information content (AvgIpc) is 2.57. The second kappa shape index (κ2) is 9.29. The summed E-state index contributed by atoms with van der Waals surface area (Å²) in [6.07, 6.45) is 3.42. The molecule has 0 aromatic heterocycles. The highest BCUT2D eigenvalue weighted by molar-refractivity contribution is 5.93. The quantitative estimate of drug-likeness (QED) is 0.624. The largest absolute Gasteiger partial charge is 0.373 e. The molecule has 2 rings (SSSR count). The molecule has 1 saturated heterocycles. The summed E-state index contributed by atoms with van der Waals surface area (Å²) in [6, 6.07) is 5.74. The molecule has 0 unspecified atom stereocenters. The third kappa shape index (κ3) is 7.03. The van der Waals surface area contributed by atoms with Crippen LogP contribution in [0.2, 0.25) is 0 Å². The second-order valence-electron chi connectivity index (χ2n) is 6.19. The van der Waals surface area contributed by atoms with E-state index in [0.717, 1.165) is 13.1 Å². The molecule has 1 aromatic carbocycles. The molecular formula is C18H24FN3O3. The van der Waals surface area contributed by atoms with Crippen LogP contribution in [0, 0.1) is 5.82 Å². The first-order valence-electron chi connectivity index (χ1n) is 8.32. The third-order valence-corrected chi connectivity index (χ3v) is 3.77. The number of morpholine rings is 1. The highest BCUT2D eigenvalue weighted by Crippen LogP contribution is 2.10. The maximum Gasteiger partial charge on any atom is 0.262 e. The highest BCUT2D eigenvalue weighted by atomic mass is 19.1. The van der Waals surface area contributed by atoms with Crippen molar-refractivity contribution in [3.05, 3.63) is 41.7 Å². The van der Waals surface area contributed by atoms with Gasteiger partial charge in [0.1, 0.15) is 5.82 Å². The van der Waals surface area contributed by atoms with Crippen molar-refractivity contribution >= 4 is 17.9 Å². The fourth-order valence-corrected chi connectivity index (χ4v) is 2.71. The molecule has 2 atom stereocenters. The number of hydrogen-bond donors (Lipinski definition) is 2. The molecule has 1 fully saturated rings. The van der Waals surface area contributed by atoms with Crippen LogP contribution in [-0.4, -0.2) is 48.6 Å². The lowest BCUT2D eigenvalue weighted by Gasteiger charge is -2.35. The van der Waals surface area contributed by atoms with Crippen LogP contribution < -0.4 is 10.9 Å². The van der Waals surface area contributed by atoms with Crippen molar-refractivity contribution in [1.82, 2.24) is 15.8 Å². The molecule has 2 amide bonds. The number of carbonyl (C=O) groups is 2. The Morgan fingerprint density at radius 3 is 2.48 bits per heavy atom. The van der Waals surface area contributed by atoms with Crippen molar-refractivity contribution in [1.29, 1.82) is 0 Å². The van der Waals surface area contributed by atoms with Crippen LogP contribution in [0.1, 0.15) is 25.8 Å². The van der Waals surface area contributed by atoms with Gasteiger partial charge in [-0.25, -0.2) is 4.39 Å². The first-order chi connectivity index (χ1) is 11.9. The summed E-state index contributed by atoms with van der Waals surface area (Å²) in [5.41, 5.74) is 5.40. The van der Waals surface area contributed by atoms with E-state index in [9.17, 15) is 14.0 Å². The molecule has 0 bridgehead atoms. The summed E-state index contributed by atoms with van der Waals surface area (Å²) < 4.78 is 18.4. The van der Waals surface area contributed by atoms with Gasteiger partial charge in [0, 0.05) is 32.1 Å². The molecule has 0 spiro atoms. The summed E-state index contributed by atoms with van der Waals surface area (Å²) in [5, 5.41) is 0. The van der Waals surface area contributed by atoms with Gasteiger partial charge in [0.2, 0.25) is 5.91 Å². The number of nitrogens with one attached hydrogen (secondary N) is 2. The van der Waals surface area contributed by atoms with Gasteiger partial charge >= 0.3 is 0 Å². The van der Waals surface area contributed by atoms with Gasteiger partial charge in [0.25, 0.3) is 5.91 Å². The Bertz CT molecular complexity index is 608. The predicted octanol–water partition coefficient (Wildman–Crippen LogP) is 1.49. The molecule has 0 aliphatic carbocycles. The minimum atomic E-state index is -0.453. The summed E-state index contributed by atoms with van der Waals surface area (Å²) in [6.45, 7) is 6.23. The third-order valence-electron chi connectivity index (χ3n) is 3.77. The van der Waals surface area contributed by atoms with Gasteiger partial charge in [0.15, 0.2) is 0 Å². The first-order valence-corrected chi connectivity index (χ1v) is 8.32. The number of hydrogen-bond acceptors (Lipinski definition) is 4. The fourth-order valence-electron chi connectivity index (χ4n) is 2.71. The molecule has 6 nitrogen and oxygen atoms in total. The number of carbonyl (C=O) groups excluding carboxylic acids is 2. The average molecular weight is 349 g/mol. The number of benzene rings is 1. The lowest BCUT2D eigenvalue weighted by Crippen LogP contribution is -2.47. The molecule has 1 heterocycles. The SMILES string of the molecule is C[C@@H]1CN(CCC(=O)NNC(=O)/C=C/c2ccc(F)cc2)C[C@H](C)O1. The van der Waals surface area contributed by atoms with Crippen LogP contribution >= 0.6 is 0 Å². The zero-order valence-corrected chi connectivity index (χ0v) is 14.5. The van der Waals surface area contributed by atoms with Crippen LogP contribution in [0.3, 0.4) is 0 Å². The summed E-state index contributed by atoms with van der Waals surface area (Å²) in [5.74, 6) is -1.04. The Kier molecular flexibility index (Phi) is 7.09. The van der Waals surface area contributed by atoms with Crippen LogP contribution in [0.25, 0.3) is 6.08 Å². The van der Waals surface area contributed by atoms with Crippen molar-refractivity contribution in [2.45, 2.75) is 32.5 Å². The Hall–Kier alpha value is -2.25. The van der Waals surface area contributed by atoms with Gasteiger partial charge in [0.05, 0.1) is 12.2 Å². The zero-order chi connectivity index (χ0) is 18.2. The van der Waals surface area contributed by atoms with Crippen molar-refractivity contribution in [3.63, 3.8) is 0 Å². The molecule has 7 heteroatoms. The number of ether oxygens (including phenoxy) is 1. The maximum absolute atomic E-state index is 12.8. The van der Waals surface area contributed by atoms with Crippen molar-refractivity contribution < 1.29 is 18.7 Å². The Morgan fingerprint density at radius 2 is 1.84 bits per heavy atom. The molecule has 1 aliphatic heterocycles. The lowest BCUT2D eigenvalue weighted by atomic mass is 10.2. The topological polar surface area (TPSA) is 70.7 Å². The minimum absolute atomic E-state index is 0.156. The van der Waals surface area contributed by atoms with Crippen molar-refractivity contribution in [2.75, 3.05) is 19.6 Å². The van der Waals surface area contributed by atoms with Gasteiger partial charge in [-0.15, -0.1) is 0 Å². The van der Waals surface area contributed by atoms with E-state index in [1.807, 2.05) is 13.8 Å². The van der Waals surface area contributed by atoms with Gasteiger partial charge in [-0.05, 0) is 37.6 Å². The Balaban J connectivity index is 1.67. The van der Waals surface area contributed by atoms with E-state index in [-0.39, 0.29) is 23.9 Å². The first kappa shape index (κ1) is 19.1. The molecule has 0 radical (unpaired) electrons. The number of hydrazine groups is 1. The molecular weight excluding hydrogens is 325 g/mol. The van der Waals surface area contributed by atoms with Gasteiger partial charge in [-0.2, -0.15) is 0 Å². The fraction of sp³-hybridized carbons (Fsp3) is 0.444. The molecule has 25 heavy (non-hydrogen) atoms. The smallest absolute Gasteiger partial charge is 0.262 e. The van der Waals surface area contributed by atoms with Gasteiger partial charge < -0.3 is 4.74 Å². The molecule has 2 N–H and O–H groups in total. The summed E-state index contributed by atoms with van der Waals surface area (Å²) in [7, 11) is 0. The highest BCUT2D eigenvalue weighted by Gasteiger charge is 2.22.